The van der Waals surface area contributed by atoms with Crippen molar-refractivity contribution in [3.8, 4) is 5.75 Å². The van der Waals surface area contributed by atoms with E-state index in [2.05, 4.69) is 10.6 Å². The average Bonchev–Trinajstić information content (AvgIpc) is 2.99. The summed E-state index contributed by atoms with van der Waals surface area (Å²) < 4.78 is 5.09. The molecule has 1 aliphatic heterocycles. The van der Waals surface area contributed by atoms with Crippen molar-refractivity contribution in [2.75, 3.05) is 30.8 Å². The van der Waals surface area contributed by atoms with Crippen molar-refractivity contribution < 1.29 is 14.3 Å². The first-order valence-corrected chi connectivity index (χ1v) is 10.2. The van der Waals surface area contributed by atoms with Crippen LogP contribution >= 0.6 is 23.2 Å². The summed E-state index contributed by atoms with van der Waals surface area (Å²) in [6.07, 6.45) is 4.42. The van der Waals surface area contributed by atoms with Gasteiger partial charge in [-0.2, -0.15) is 0 Å². The Kier molecular flexibility index (Phi) is 7.23. The van der Waals surface area contributed by atoms with E-state index in [1.165, 1.54) is 32.1 Å². The molecule has 1 aliphatic rings. The number of ether oxygens (including phenoxy) is 1. The van der Waals surface area contributed by atoms with Crippen molar-refractivity contribution >= 4 is 46.5 Å². The van der Waals surface area contributed by atoms with Crippen molar-refractivity contribution in [3.05, 3.63) is 52.0 Å². The van der Waals surface area contributed by atoms with Gasteiger partial charge >= 0.3 is 6.03 Å². The number of benzene rings is 2. The lowest BCUT2D eigenvalue weighted by molar-refractivity contribution is 0.102. The van der Waals surface area contributed by atoms with Crippen molar-refractivity contribution in [1.29, 1.82) is 0 Å². The third-order valence-corrected chi connectivity index (χ3v) is 5.31. The number of likely N-dealkylation sites (tertiary alicyclic amines) is 1. The Hall–Kier alpha value is -2.44. The number of methoxy groups -OCH3 is 1. The van der Waals surface area contributed by atoms with E-state index in [-0.39, 0.29) is 22.0 Å². The average molecular weight is 436 g/mol. The molecule has 0 spiro atoms. The zero-order chi connectivity index (χ0) is 20.8. The molecule has 2 N–H and O–H groups in total. The van der Waals surface area contributed by atoms with Crippen LogP contribution in [0.25, 0.3) is 0 Å². The van der Waals surface area contributed by atoms with Gasteiger partial charge in [-0.15, -0.1) is 0 Å². The molecule has 0 radical (unpaired) electrons. The molecule has 3 rings (SSSR count). The van der Waals surface area contributed by atoms with E-state index in [4.69, 9.17) is 27.9 Å². The topological polar surface area (TPSA) is 70.7 Å². The molecular formula is C21H23Cl2N3O3. The summed E-state index contributed by atoms with van der Waals surface area (Å²) in [6.45, 7) is 1.57. The van der Waals surface area contributed by atoms with Gasteiger partial charge in [0.05, 0.1) is 17.2 Å². The quantitative estimate of drug-likeness (QED) is 0.650. The van der Waals surface area contributed by atoms with Gasteiger partial charge in [0.1, 0.15) is 0 Å². The molecule has 2 aromatic rings. The number of halogens is 2. The van der Waals surface area contributed by atoms with E-state index in [0.717, 1.165) is 25.9 Å². The number of carbonyl (C=O) groups excluding carboxylic acids is 2. The number of carbonyl (C=O) groups is 2. The van der Waals surface area contributed by atoms with Crippen LogP contribution in [0.5, 0.6) is 5.75 Å². The second kappa shape index (κ2) is 9.85. The molecule has 8 heteroatoms. The first-order valence-electron chi connectivity index (χ1n) is 9.48. The molecule has 3 amide bonds. The molecule has 1 saturated heterocycles. The highest BCUT2D eigenvalue weighted by molar-refractivity contribution is 6.37. The molecule has 154 valence electrons. The zero-order valence-electron chi connectivity index (χ0n) is 16.1. The minimum Gasteiger partial charge on any atom is -0.494 e. The summed E-state index contributed by atoms with van der Waals surface area (Å²) in [5.74, 6) is -0.0211. The molecule has 2 aromatic carbocycles. The van der Waals surface area contributed by atoms with E-state index in [1.807, 2.05) is 4.90 Å². The van der Waals surface area contributed by atoms with Crippen LogP contribution in [0.4, 0.5) is 16.2 Å². The van der Waals surface area contributed by atoms with Gasteiger partial charge in [-0.1, -0.05) is 36.0 Å². The Labute approximate surface area is 180 Å². The van der Waals surface area contributed by atoms with Crippen LogP contribution in [0.15, 0.2) is 36.4 Å². The Morgan fingerprint density at radius 3 is 1.93 bits per heavy atom. The highest BCUT2D eigenvalue weighted by Crippen LogP contribution is 2.34. The molecule has 0 bridgehead atoms. The highest BCUT2D eigenvalue weighted by atomic mass is 35.5. The van der Waals surface area contributed by atoms with E-state index >= 15 is 0 Å². The van der Waals surface area contributed by atoms with Crippen LogP contribution < -0.4 is 15.4 Å². The SMILES string of the molecule is COc1c(Cl)cc(C(=O)Nc2ccc(NC(=O)N3CCCCCC3)cc2)cc1Cl. The van der Waals surface area contributed by atoms with Gasteiger partial charge in [-0.05, 0) is 49.2 Å². The Balaban J connectivity index is 1.61. The maximum Gasteiger partial charge on any atom is 0.321 e. The van der Waals surface area contributed by atoms with Crippen LogP contribution in [0.1, 0.15) is 36.0 Å². The number of rotatable bonds is 4. The van der Waals surface area contributed by atoms with Crippen LogP contribution in [0.2, 0.25) is 10.0 Å². The van der Waals surface area contributed by atoms with Gasteiger partial charge in [0.2, 0.25) is 0 Å². The summed E-state index contributed by atoms with van der Waals surface area (Å²) in [7, 11) is 1.46. The molecule has 0 aliphatic carbocycles. The normalized spacial score (nSPS) is 14.1. The van der Waals surface area contributed by atoms with Gasteiger partial charge in [0.15, 0.2) is 5.75 Å². The third-order valence-electron chi connectivity index (χ3n) is 4.75. The van der Waals surface area contributed by atoms with Gasteiger partial charge in [0, 0.05) is 30.0 Å². The van der Waals surface area contributed by atoms with Crippen molar-refractivity contribution in [1.82, 2.24) is 4.90 Å². The molecule has 0 unspecified atom stereocenters. The Morgan fingerprint density at radius 2 is 1.41 bits per heavy atom. The summed E-state index contributed by atoms with van der Waals surface area (Å²) in [5.41, 5.74) is 1.58. The maximum absolute atomic E-state index is 12.5. The zero-order valence-corrected chi connectivity index (χ0v) is 17.6. The lowest BCUT2D eigenvalue weighted by Crippen LogP contribution is -2.35. The summed E-state index contributed by atoms with van der Waals surface area (Å²) in [5, 5.41) is 6.21. The van der Waals surface area contributed by atoms with Crippen LogP contribution in [0.3, 0.4) is 0 Å². The fourth-order valence-electron chi connectivity index (χ4n) is 3.20. The Bertz CT molecular complexity index is 856. The van der Waals surface area contributed by atoms with Crippen LogP contribution in [0, 0.1) is 0 Å². The summed E-state index contributed by atoms with van der Waals surface area (Å²) in [6, 6.07) is 9.85. The molecule has 1 fully saturated rings. The molecule has 29 heavy (non-hydrogen) atoms. The Morgan fingerprint density at radius 1 is 0.897 bits per heavy atom. The first kappa shape index (κ1) is 21.3. The minimum atomic E-state index is -0.349. The summed E-state index contributed by atoms with van der Waals surface area (Å²) >= 11 is 12.2. The van der Waals surface area contributed by atoms with Crippen molar-refractivity contribution in [3.63, 3.8) is 0 Å². The number of nitrogens with zero attached hydrogens (tertiary/aromatic N) is 1. The fraction of sp³-hybridized carbons (Fsp3) is 0.333. The van der Waals surface area contributed by atoms with Crippen LogP contribution in [-0.4, -0.2) is 37.0 Å². The lowest BCUT2D eigenvalue weighted by atomic mass is 10.2. The highest BCUT2D eigenvalue weighted by Gasteiger charge is 2.16. The fourth-order valence-corrected chi connectivity index (χ4v) is 3.84. The standard InChI is InChI=1S/C21H23Cl2N3O3/c1-29-19-17(22)12-14(13-18(19)23)20(27)24-15-6-8-16(9-7-15)25-21(28)26-10-4-2-3-5-11-26/h6-9,12-13H,2-5,10-11H2,1H3,(H,24,27)(H,25,28). The second-order valence-electron chi connectivity index (χ2n) is 6.84. The third kappa shape index (κ3) is 5.55. The number of hydrogen-bond donors (Lipinski definition) is 2. The van der Waals surface area contributed by atoms with Crippen molar-refractivity contribution in [2.45, 2.75) is 25.7 Å². The second-order valence-corrected chi connectivity index (χ2v) is 7.65. The van der Waals surface area contributed by atoms with E-state index in [0.29, 0.717) is 22.7 Å². The largest absolute Gasteiger partial charge is 0.494 e. The molecule has 1 heterocycles. The van der Waals surface area contributed by atoms with Crippen LogP contribution in [-0.2, 0) is 0 Å². The minimum absolute atomic E-state index is 0.0915. The van der Waals surface area contributed by atoms with Gasteiger partial charge < -0.3 is 20.3 Å². The maximum atomic E-state index is 12.5. The predicted molar refractivity (Wildman–Crippen MR) is 116 cm³/mol. The van der Waals surface area contributed by atoms with Crippen molar-refractivity contribution in [2.24, 2.45) is 0 Å². The van der Waals surface area contributed by atoms with E-state index < -0.39 is 0 Å². The first-order chi connectivity index (χ1) is 14.0. The number of amides is 3. The van der Waals surface area contributed by atoms with E-state index in [9.17, 15) is 9.59 Å². The molecule has 0 aromatic heterocycles. The predicted octanol–water partition coefficient (Wildman–Crippen LogP) is 5.66. The van der Waals surface area contributed by atoms with Gasteiger partial charge in [-0.25, -0.2) is 4.79 Å². The molecular weight excluding hydrogens is 413 g/mol. The molecule has 0 saturated carbocycles. The number of hydrogen-bond acceptors (Lipinski definition) is 3. The molecule has 0 atom stereocenters. The monoisotopic (exact) mass is 435 g/mol. The number of urea groups is 1. The van der Waals surface area contributed by atoms with Gasteiger partial charge in [-0.3, -0.25) is 4.79 Å². The molecule has 6 nitrogen and oxygen atoms in total. The van der Waals surface area contributed by atoms with E-state index in [1.54, 1.807) is 24.3 Å². The smallest absolute Gasteiger partial charge is 0.321 e. The number of nitrogens with one attached hydrogen (secondary N) is 2. The van der Waals surface area contributed by atoms with Gasteiger partial charge in [0.25, 0.3) is 5.91 Å². The summed E-state index contributed by atoms with van der Waals surface area (Å²) in [4.78, 5) is 26.7. The lowest BCUT2D eigenvalue weighted by Gasteiger charge is -2.20. The number of anilines is 2.